The summed E-state index contributed by atoms with van der Waals surface area (Å²) in [5.41, 5.74) is 3.42. The molecule has 0 amide bonds. The lowest BCUT2D eigenvalue weighted by molar-refractivity contribution is -0.138. The van der Waals surface area contributed by atoms with Gasteiger partial charge in [-0.3, -0.25) is 0 Å². The molecule has 6 rings (SSSR count). The highest BCUT2D eigenvalue weighted by Crippen LogP contribution is 2.41. The molecule has 5 nitrogen and oxygen atoms in total. The van der Waals surface area contributed by atoms with Gasteiger partial charge in [-0.05, 0) is 36.1 Å². The molecule has 0 saturated carbocycles. The van der Waals surface area contributed by atoms with Crippen molar-refractivity contribution in [2.75, 3.05) is 11.4 Å². The van der Waals surface area contributed by atoms with Crippen LogP contribution in [0, 0.1) is 17.5 Å². The van der Waals surface area contributed by atoms with Gasteiger partial charge >= 0.3 is 6.18 Å². The van der Waals surface area contributed by atoms with Gasteiger partial charge in [-0.1, -0.05) is 32.0 Å². The number of aryl methyl sites for hydroxylation is 2. The Bertz CT molecular complexity index is 1760. The van der Waals surface area contributed by atoms with Crippen molar-refractivity contribution in [2.45, 2.75) is 45.8 Å². The van der Waals surface area contributed by atoms with Crippen LogP contribution >= 0.6 is 0 Å². The number of nitrogens with zero attached hydrogens (tertiary/aromatic N) is 4. The van der Waals surface area contributed by atoms with Crippen LogP contribution < -0.4 is 4.90 Å². The Hall–Kier alpha value is -4.28. The van der Waals surface area contributed by atoms with Crippen molar-refractivity contribution in [3.63, 3.8) is 0 Å². The number of hydrogen-bond acceptors (Lipinski definition) is 3. The predicted molar refractivity (Wildman–Crippen MR) is 143 cm³/mol. The summed E-state index contributed by atoms with van der Waals surface area (Å²) in [6.45, 7) is 4.26. The molecule has 0 atom stereocenters. The Morgan fingerprint density at radius 2 is 1.68 bits per heavy atom. The Kier molecular flexibility index (Phi) is 6.55. The zero-order valence-electron chi connectivity index (χ0n) is 22.2. The van der Waals surface area contributed by atoms with Crippen molar-refractivity contribution in [1.29, 1.82) is 0 Å². The van der Waals surface area contributed by atoms with Gasteiger partial charge in [0.2, 0.25) is 0 Å². The minimum absolute atomic E-state index is 0.0123. The van der Waals surface area contributed by atoms with Crippen LogP contribution in [0.15, 0.2) is 48.8 Å². The molecule has 1 aliphatic rings. The third-order valence-corrected chi connectivity index (χ3v) is 7.64. The molecule has 0 saturated heterocycles. The van der Waals surface area contributed by atoms with Crippen LogP contribution in [-0.2, 0) is 32.0 Å². The number of para-hydroxylation sites is 1. The standard InChI is InChI=1S/C30H25F6N5/c1-3-16-6-5-7-17(4-2)27(16)41-28(25-19-8-10-37-26(19)22(32)13-21(25)31)20-15-40(11-9-24(20)39-41)29-23(33)12-18(14-38-29)30(34,35)36/h5-8,10,12-14,37H,3-4,9,11,15H2,1-2H3. The van der Waals surface area contributed by atoms with Crippen LogP contribution in [-0.4, -0.2) is 26.3 Å². The van der Waals surface area contributed by atoms with E-state index in [0.717, 1.165) is 22.9 Å². The highest BCUT2D eigenvalue weighted by molar-refractivity contribution is 5.96. The maximum Gasteiger partial charge on any atom is 0.417 e. The van der Waals surface area contributed by atoms with Crippen LogP contribution in [0.2, 0.25) is 0 Å². The lowest BCUT2D eigenvalue weighted by atomic mass is 9.96. The minimum Gasteiger partial charge on any atom is -0.359 e. The van der Waals surface area contributed by atoms with E-state index in [1.165, 1.54) is 11.1 Å². The van der Waals surface area contributed by atoms with E-state index < -0.39 is 29.2 Å². The van der Waals surface area contributed by atoms with Crippen LogP contribution in [0.5, 0.6) is 0 Å². The minimum atomic E-state index is -4.73. The van der Waals surface area contributed by atoms with Gasteiger partial charge in [0.25, 0.3) is 0 Å². The van der Waals surface area contributed by atoms with Crippen LogP contribution in [0.4, 0.5) is 32.2 Å². The number of aromatic nitrogens is 4. The fourth-order valence-corrected chi connectivity index (χ4v) is 5.68. The van der Waals surface area contributed by atoms with Gasteiger partial charge in [0.1, 0.15) is 11.6 Å². The summed E-state index contributed by atoms with van der Waals surface area (Å²) in [7, 11) is 0. The third kappa shape index (κ3) is 4.43. The van der Waals surface area contributed by atoms with Gasteiger partial charge in [0, 0.05) is 54.5 Å². The second kappa shape index (κ2) is 9.97. The Morgan fingerprint density at radius 1 is 0.951 bits per heavy atom. The first-order valence-corrected chi connectivity index (χ1v) is 13.3. The van der Waals surface area contributed by atoms with E-state index in [1.807, 2.05) is 32.0 Å². The summed E-state index contributed by atoms with van der Waals surface area (Å²) in [5, 5.41) is 5.24. The number of hydrogen-bond donors (Lipinski definition) is 1. The fourth-order valence-electron chi connectivity index (χ4n) is 5.68. The average Bonchev–Trinajstić information content (AvgIpc) is 3.58. The predicted octanol–water partition coefficient (Wildman–Crippen LogP) is 7.54. The molecule has 41 heavy (non-hydrogen) atoms. The number of halogens is 6. The number of pyridine rings is 1. The van der Waals surface area contributed by atoms with Crippen LogP contribution in [0.3, 0.4) is 0 Å². The first kappa shape index (κ1) is 26.9. The zero-order chi connectivity index (χ0) is 29.1. The van der Waals surface area contributed by atoms with E-state index in [2.05, 4.69) is 9.97 Å². The van der Waals surface area contributed by atoms with Crippen molar-refractivity contribution in [1.82, 2.24) is 19.7 Å². The van der Waals surface area contributed by atoms with Crippen molar-refractivity contribution in [3.05, 3.63) is 94.2 Å². The molecule has 0 fully saturated rings. The van der Waals surface area contributed by atoms with Gasteiger partial charge in [0.15, 0.2) is 11.6 Å². The molecule has 5 aromatic rings. The molecule has 0 radical (unpaired) electrons. The normalized spacial score (nSPS) is 13.7. The van der Waals surface area contributed by atoms with E-state index in [9.17, 15) is 22.0 Å². The molecule has 2 aromatic carbocycles. The second-order valence-electron chi connectivity index (χ2n) is 10.00. The zero-order valence-corrected chi connectivity index (χ0v) is 22.2. The smallest absolute Gasteiger partial charge is 0.359 e. The van der Waals surface area contributed by atoms with Gasteiger partial charge in [-0.2, -0.15) is 18.3 Å². The number of fused-ring (bicyclic) bond motifs is 2. The first-order chi connectivity index (χ1) is 19.6. The average molecular weight is 570 g/mol. The highest BCUT2D eigenvalue weighted by Gasteiger charge is 2.34. The van der Waals surface area contributed by atoms with E-state index in [4.69, 9.17) is 5.10 Å². The fraction of sp³-hybridized carbons (Fsp3) is 0.267. The maximum atomic E-state index is 15.8. The molecule has 11 heteroatoms. The summed E-state index contributed by atoms with van der Waals surface area (Å²) in [6, 6.07) is 8.73. The molecule has 1 aliphatic heterocycles. The van der Waals surface area contributed by atoms with Gasteiger partial charge in [-0.15, -0.1) is 0 Å². The second-order valence-corrected chi connectivity index (χ2v) is 10.00. The van der Waals surface area contributed by atoms with Crippen molar-refractivity contribution < 1.29 is 26.3 Å². The van der Waals surface area contributed by atoms with Crippen molar-refractivity contribution >= 4 is 16.7 Å². The number of aromatic amines is 1. The number of rotatable bonds is 5. The maximum absolute atomic E-state index is 15.8. The molecular formula is C30H25F6N5. The monoisotopic (exact) mass is 569 g/mol. The number of nitrogens with one attached hydrogen (secondary N) is 1. The summed E-state index contributed by atoms with van der Waals surface area (Å²) < 4.78 is 86.6. The van der Waals surface area contributed by atoms with Gasteiger partial charge in [-0.25, -0.2) is 22.8 Å². The van der Waals surface area contributed by atoms with E-state index >= 15 is 4.39 Å². The molecule has 4 heterocycles. The molecule has 212 valence electrons. The number of anilines is 1. The summed E-state index contributed by atoms with van der Waals surface area (Å²) >= 11 is 0. The molecule has 0 bridgehead atoms. The summed E-state index contributed by atoms with van der Waals surface area (Å²) in [6.07, 6.45) is -0.952. The van der Waals surface area contributed by atoms with Crippen molar-refractivity contribution in [2.24, 2.45) is 0 Å². The third-order valence-electron chi connectivity index (χ3n) is 7.64. The SMILES string of the molecule is CCc1cccc(CC)c1-n1nc2c(c1-c1c(F)cc(F)c3[nH]ccc13)CN(c1ncc(C(F)(F)F)cc1F)CC2. The molecule has 0 aliphatic carbocycles. The highest BCUT2D eigenvalue weighted by atomic mass is 19.4. The van der Waals surface area contributed by atoms with Gasteiger partial charge in [0.05, 0.1) is 28.2 Å². The molecular weight excluding hydrogens is 544 g/mol. The summed E-state index contributed by atoms with van der Waals surface area (Å²) in [5.74, 6) is -2.88. The molecule has 0 unspecified atom stereocenters. The largest absolute Gasteiger partial charge is 0.417 e. The first-order valence-electron chi connectivity index (χ1n) is 13.3. The van der Waals surface area contributed by atoms with E-state index in [-0.39, 0.29) is 30.0 Å². The molecule has 0 spiro atoms. The Balaban J connectivity index is 1.59. The lowest BCUT2D eigenvalue weighted by Crippen LogP contribution is -2.32. The number of H-pyrrole nitrogens is 1. The quantitative estimate of drug-likeness (QED) is 0.223. The topological polar surface area (TPSA) is 49.7 Å². The lowest BCUT2D eigenvalue weighted by Gasteiger charge is -2.28. The Labute approximate surface area is 231 Å². The molecule has 3 aromatic heterocycles. The van der Waals surface area contributed by atoms with Gasteiger partial charge < -0.3 is 9.88 Å². The molecule has 1 N–H and O–H groups in total. The van der Waals surface area contributed by atoms with Crippen molar-refractivity contribution in [3.8, 4) is 16.9 Å². The summed E-state index contributed by atoms with van der Waals surface area (Å²) in [4.78, 5) is 8.16. The van der Waals surface area contributed by atoms with Crippen LogP contribution in [0.25, 0.3) is 27.8 Å². The Morgan fingerprint density at radius 3 is 2.34 bits per heavy atom. The number of benzene rings is 2. The van der Waals surface area contributed by atoms with E-state index in [1.54, 1.807) is 10.7 Å². The number of alkyl halides is 3. The van der Waals surface area contributed by atoms with Crippen LogP contribution in [0.1, 0.15) is 41.8 Å². The van der Waals surface area contributed by atoms with E-state index in [0.29, 0.717) is 53.9 Å².